The number of nitrogens with zero attached hydrogens (tertiary/aromatic N) is 5. The summed E-state index contributed by atoms with van der Waals surface area (Å²) in [5, 5.41) is 16.8. The fourth-order valence-corrected chi connectivity index (χ4v) is 4.12. The average Bonchev–Trinajstić information content (AvgIpc) is 3.45. The molecule has 5 rings (SSSR count). The van der Waals surface area contributed by atoms with Crippen molar-refractivity contribution < 1.29 is 17.6 Å². The Bertz CT molecular complexity index is 1640. The van der Waals surface area contributed by atoms with E-state index in [0.717, 1.165) is 4.68 Å². The van der Waals surface area contributed by atoms with E-state index in [1.54, 1.807) is 7.05 Å². The third-order valence-corrected chi connectivity index (χ3v) is 5.62. The zero-order valence-corrected chi connectivity index (χ0v) is 18.1. The number of alkyl halides is 3. The van der Waals surface area contributed by atoms with Crippen molar-refractivity contribution in [2.75, 3.05) is 12.4 Å². The Morgan fingerprint density at radius 2 is 2.00 bits per heavy atom. The summed E-state index contributed by atoms with van der Waals surface area (Å²) < 4.78 is 56.7. The molecule has 0 amide bonds. The van der Waals surface area contributed by atoms with Gasteiger partial charge in [0.05, 0.1) is 27.8 Å². The summed E-state index contributed by atoms with van der Waals surface area (Å²) in [6, 6.07) is 6.08. The minimum Gasteiger partial charge on any atom is -0.386 e. The fraction of sp³-hybridized carbons (Fsp3) is 0.130. The SMILES string of the molecule is CNc1cc(F)cc2c1[nH]c1ncc(-c3cncc(C#N)c3)c(-n3cc(CN)c(C(F)(F)F)n3)c12. The van der Waals surface area contributed by atoms with E-state index in [2.05, 4.69) is 25.4 Å². The number of rotatable bonds is 4. The number of aromatic amines is 1. The Hall–Kier alpha value is -4.50. The fourth-order valence-electron chi connectivity index (χ4n) is 4.12. The first kappa shape index (κ1) is 22.3. The van der Waals surface area contributed by atoms with E-state index >= 15 is 0 Å². The summed E-state index contributed by atoms with van der Waals surface area (Å²) in [6.45, 7) is -0.393. The van der Waals surface area contributed by atoms with Gasteiger partial charge in [-0.15, -0.1) is 0 Å². The van der Waals surface area contributed by atoms with E-state index < -0.39 is 24.2 Å². The van der Waals surface area contributed by atoms with Crippen molar-refractivity contribution in [3.63, 3.8) is 0 Å². The van der Waals surface area contributed by atoms with Crippen molar-refractivity contribution >= 4 is 27.6 Å². The molecule has 0 fully saturated rings. The Balaban J connectivity index is 1.94. The van der Waals surface area contributed by atoms with Crippen LogP contribution in [0.5, 0.6) is 0 Å². The highest BCUT2D eigenvalue weighted by Crippen LogP contribution is 2.40. The lowest BCUT2D eigenvalue weighted by Gasteiger charge is -2.12. The van der Waals surface area contributed by atoms with Gasteiger partial charge >= 0.3 is 6.18 Å². The second kappa shape index (κ2) is 8.07. The van der Waals surface area contributed by atoms with Crippen LogP contribution in [0.1, 0.15) is 16.8 Å². The molecule has 0 aliphatic heterocycles. The smallest absolute Gasteiger partial charge is 0.386 e. The van der Waals surface area contributed by atoms with Crippen LogP contribution in [0.15, 0.2) is 43.0 Å². The van der Waals surface area contributed by atoms with E-state index in [0.29, 0.717) is 38.8 Å². The molecular formula is C23H16F4N8. The van der Waals surface area contributed by atoms with Gasteiger partial charge < -0.3 is 16.0 Å². The van der Waals surface area contributed by atoms with E-state index in [9.17, 15) is 22.8 Å². The molecule has 35 heavy (non-hydrogen) atoms. The molecular weight excluding hydrogens is 464 g/mol. The molecule has 0 radical (unpaired) electrons. The van der Waals surface area contributed by atoms with Crippen LogP contribution in [0, 0.1) is 17.1 Å². The largest absolute Gasteiger partial charge is 0.435 e. The van der Waals surface area contributed by atoms with Crippen molar-refractivity contribution in [2.24, 2.45) is 5.73 Å². The average molecular weight is 480 g/mol. The second-order valence-electron chi connectivity index (χ2n) is 7.72. The van der Waals surface area contributed by atoms with E-state index in [4.69, 9.17) is 5.73 Å². The predicted molar refractivity (Wildman–Crippen MR) is 121 cm³/mol. The van der Waals surface area contributed by atoms with Gasteiger partial charge in [-0.05, 0) is 18.2 Å². The Kier molecular flexibility index (Phi) is 5.14. The zero-order valence-electron chi connectivity index (χ0n) is 18.1. The minimum absolute atomic E-state index is 0.205. The highest BCUT2D eigenvalue weighted by molar-refractivity contribution is 6.15. The number of pyridine rings is 2. The van der Waals surface area contributed by atoms with Gasteiger partial charge in [0.15, 0.2) is 5.69 Å². The number of anilines is 1. The van der Waals surface area contributed by atoms with E-state index in [1.807, 2.05) is 6.07 Å². The zero-order chi connectivity index (χ0) is 24.9. The van der Waals surface area contributed by atoms with Gasteiger partial charge in [0.2, 0.25) is 0 Å². The molecule has 0 bridgehead atoms. The number of nitriles is 1. The highest BCUT2D eigenvalue weighted by Gasteiger charge is 2.37. The maximum absolute atomic E-state index is 14.5. The van der Waals surface area contributed by atoms with Crippen LogP contribution in [-0.4, -0.2) is 31.8 Å². The summed E-state index contributed by atoms with van der Waals surface area (Å²) in [6.07, 6.45) is 0.717. The Morgan fingerprint density at radius 3 is 2.66 bits per heavy atom. The summed E-state index contributed by atoms with van der Waals surface area (Å²) in [4.78, 5) is 11.6. The molecule has 0 atom stereocenters. The quantitative estimate of drug-likeness (QED) is 0.326. The molecule has 0 saturated carbocycles. The lowest BCUT2D eigenvalue weighted by molar-refractivity contribution is -0.141. The van der Waals surface area contributed by atoms with Crippen LogP contribution in [0.3, 0.4) is 0 Å². The summed E-state index contributed by atoms with van der Waals surface area (Å²) in [5.74, 6) is -0.550. The molecule has 8 nitrogen and oxygen atoms in total. The third-order valence-electron chi connectivity index (χ3n) is 5.62. The first-order valence-electron chi connectivity index (χ1n) is 10.3. The maximum atomic E-state index is 14.5. The van der Waals surface area contributed by atoms with Crippen LogP contribution < -0.4 is 11.1 Å². The molecule has 0 aliphatic rings. The van der Waals surface area contributed by atoms with Crippen molar-refractivity contribution in [3.05, 3.63) is 65.6 Å². The number of aromatic nitrogens is 5. The normalized spacial score (nSPS) is 11.8. The molecule has 4 heterocycles. The lowest BCUT2D eigenvalue weighted by Crippen LogP contribution is -2.11. The van der Waals surface area contributed by atoms with Crippen molar-refractivity contribution in [3.8, 4) is 22.9 Å². The molecule has 0 aliphatic carbocycles. The van der Waals surface area contributed by atoms with Gasteiger partial charge in [-0.25, -0.2) is 14.1 Å². The lowest BCUT2D eigenvalue weighted by atomic mass is 10.0. The van der Waals surface area contributed by atoms with Crippen molar-refractivity contribution in [1.29, 1.82) is 5.26 Å². The molecule has 176 valence electrons. The van der Waals surface area contributed by atoms with E-state index in [-0.39, 0.29) is 16.8 Å². The number of halogens is 4. The van der Waals surface area contributed by atoms with Crippen LogP contribution in [0.2, 0.25) is 0 Å². The molecule has 1 aromatic carbocycles. The number of H-pyrrole nitrogens is 1. The predicted octanol–water partition coefficient (Wildman–Crippen LogP) is 4.49. The molecule has 12 heteroatoms. The summed E-state index contributed by atoms with van der Waals surface area (Å²) in [7, 11) is 1.62. The number of nitrogens with one attached hydrogen (secondary N) is 2. The van der Waals surface area contributed by atoms with Gasteiger partial charge in [0, 0.05) is 60.5 Å². The van der Waals surface area contributed by atoms with Crippen molar-refractivity contribution in [2.45, 2.75) is 12.7 Å². The van der Waals surface area contributed by atoms with E-state index in [1.165, 1.54) is 43.0 Å². The number of nitrogens with two attached hydrogens (primary N) is 1. The topological polar surface area (TPSA) is 121 Å². The molecule has 0 saturated heterocycles. The van der Waals surface area contributed by atoms with Crippen LogP contribution in [0.25, 0.3) is 38.8 Å². The maximum Gasteiger partial charge on any atom is 0.435 e. The van der Waals surface area contributed by atoms with Crippen LogP contribution in [0.4, 0.5) is 23.2 Å². The first-order chi connectivity index (χ1) is 16.7. The summed E-state index contributed by atoms with van der Waals surface area (Å²) in [5.41, 5.74) is 6.74. The number of fused-ring (bicyclic) bond motifs is 3. The third kappa shape index (κ3) is 3.62. The van der Waals surface area contributed by atoms with Crippen molar-refractivity contribution in [1.82, 2.24) is 24.7 Å². The van der Waals surface area contributed by atoms with Crippen LogP contribution in [-0.2, 0) is 12.7 Å². The molecule has 4 N–H and O–H groups in total. The number of hydrogen-bond donors (Lipinski definition) is 3. The first-order valence-corrected chi connectivity index (χ1v) is 10.3. The molecule has 0 unspecified atom stereocenters. The summed E-state index contributed by atoms with van der Waals surface area (Å²) >= 11 is 0. The molecule has 4 aromatic heterocycles. The monoisotopic (exact) mass is 480 g/mol. The molecule has 0 spiro atoms. The van der Waals surface area contributed by atoms with Gasteiger partial charge in [-0.1, -0.05) is 0 Å². The number of hydrogen-bond acceptors (Lipinski definition) is 6. The Labute approximate surface area is 195 Å². The molecule has 5 aromatic rings. The number of benzene rings is 1. The van der Waals surface area contributed by atoms with Gasteiger partial charge in [-0.2, -0.15) is 23.5 Å². The van der Waals surface area contributed by atoms with Gasteiger partial charge in [0.25, 0.3) is 0 Å². The highest BCUT2D eigenvalue weighted by atomic mass is 19.4. The minimum atomic E-state index is -4.74. The van der Waals surface area contributed by atoms with Gasteiger partial charge in [0.1, 0.15) is 17.5 Å². The van der Waals surface area contributed by atoms with Gasteiger partial charge in [-0.3, -0.25) is 4.98 Å². The Morgan fingerprint density at radius 1 is 1.20 bits per heavy atom. The van der Waals surface area contributed by atoms with Crippen LogP contribution >= 0.6 is 0 Å². The second-order valence-corrected chi connectivity index (χ2v) is 7.72. The standard InChI is InChI=1S/C23H16F4N8/c1-30-17-4-14(24)3-15-18-20(35-10-13(6-29)21(34-35)23(25,26)27)16(9-32-22(18)33-19(15)17)12-2-11(5-28)7-31-8-12/h2-4,7-10,30H,6,29H2,1H3,(H,32,33).